The van der Waals surface area contributed by atoms with Gasteiger partial charge in [-0.05, 0) is 31.2 Å². The van der Waals surface area contributed by atoms with Crippen molar-refractivity contribution in [3.63, 3.8) is 0 Å². The van der Waals surface area contributed by atoms with E-state index in [-0.39, 0.29) is 5.92 Å². The van der Waals surface area contributed by atoms with Crippen LogP contribution in [0.15, 0.2) is 24.3 Å². The smallest absolute Gasteiger partial charge is 0.227 e. The molecule has 0 saturated carbocycles. The van der Waals surface area contributed by atoms with Crippen molar-refractivity contribution in [2.45, 2.75) is 26.7 Å². The number of hydrogen-bond donors (Lipinski definition) is 2. The van der Waals surface area contributed by atoms with Gasteiger partial charge in [-0.25, -0.2) is 10.8 Å². The van der Waals surface area contributed by atoms with Crippen molar-refractivity contribution in [3.05, 3.63) is 40.7 Å². The van der Waals surface area contributed by atoms with Gasteiger partial charge in [0.05, 0.1) is 5.56 Å². The molecule has 0 saturated heterocycles. The normalized spacial score (nSPS) is 10.7. The standard InChI is InChI=1S/C14H17ClN4O/c1-8(2)12-17-13(19-16)9(3)14(18-12)20-11-6-4-10(15)5-7-11/h4-8H,16H2,1-3H3,(H,17,18,19). The Labute approximate surface area is 123 Å². The predicted molar refractivity (Wildman–Crippen MR) is 80.2 cm³/mol. The highest BCUT2D eigenvalue weighted by atomic mass is 35.5. The number of ether oxygens (including phenoxy) is 1. The van der Waals surface area contributed by atoms with Crippen LogP contribution in [0.5, 0.6) is 11.6 Å². The van der Waals surface area contributed by atoms with Gasteiger partial charge in [0.25, 0.3) is 0 Å². The minimum absolute atomic E-state index is 0.176. The zero-order valence-electron chi connectivity index (χ0n) is 11.6. The molecule has 1 aromatic heterocycles. The molecule has 106 valence electrons. The van der Waals surface area contributed by atoms with E-state index in [2.05, 4.69) is 15.4 Å². The maximum absolute atomic E-state index is 5.85. The number of benzene rings is 1. The summed E-state index contributed by atoms with van der Waals surface area (Å²) in [4.78, 5) is 8.79. The third kappa shape index (κ3) is 3.18. The Morgan fingerprint density at radius 1 is 1.20 bits per heavy atom. The van der Waals surface area contributed by atoms with E-state index in [1.165, 1.54) is 0 Å². The minimum atomic E-state index is 0.176. The van der Waals surface area contributed by atoms with E-state index in [4.69, 9.17) is 22.2 Å². The van der Waals surface area contributed by atoms with Crippen LogP contribution < -0.4 is 16.0 Å². The Balaban J connectivity index is 2.39. The van der Waals surface area contributed by atoms with Gasteiger partial charge in [0.1, 0.15) is 11.6 Å². The zero-order valence-corrected chi connectivity index (χ0v) is 12.4. The van der Waals surface area contributed by atoms with E-state index in [1.807, 2.05) is 20.8 Å². The van der Waals surface area contributed by atoms with Gasteiger partial charge >= 0.3 is 0 Å². The summed E-state index contributed by atoms with van der Waals surface area (Å²) in [6.45, 7) is 5.87. The van der Waals surface area contributed by atoms with E-state index in [0.29, 0.717) is 28.3 Å². The van der Waals surface area contributed by atoms with Crippen LogP contribution in [-0.2, 0) is 0 Å². The van der Waals surface area contributed by atoms with Crippen LogP contribution in [0.3, 0.4) is 0 Å². The van der Waals surface area contributed by atoms with Gasteiger partial charge in [-0.15, -0.1) is 0 Å². The molecule has 20 heavy (non-hydrogen) atoms. The summed E-state index contributed by atoms with van der Waals surface area (Å²) >= 11 is 5.85. The minimum Gasteiger partial charge on any atom is -0.439 e. The van der Waals surface area contributed by atoms with E-state index in [9.17, 15) is 0 Å². The maximum Gasteiger partial charge on any atom is 0.227 e. The number of aromatic nitrogens is 2. The van der Waals surface area contributed by atoms with Crippen LogP contribution in [-0.4, -0.2) is 9.97 Å². The molecular formula is C14H17ClN4O. The van der Waals surface area contributed by atoms with E-state index < -0.39 is 0 Å². The molecule has 0 aliphatic rings. The molecule has 0 unspecified atom stereocenters. The molecule has 5 nitrogen and oxygen atoms in total. The van der Waals surface area contributed by atoms with Crippen molar-refractivity contribution in [1.29, 1.82) is 0 Å². The van der Waals surface area contributed by atoms with Crippen LogP contribution in [0.2, 0.25) is 5.02 Å². The van der Waals surface area contributed by atoms with Crippen LogP contribution in [0.1, 0.15) is 31.2 Å². The first kappa shape index (κ1) is 14.6. The molecule has 0 aliphatic carbocycles. The van der Waals surface area contributed by atoms with Crippen LogP contribution in [0.4, 0.5) is 5.82 Å². The van der Waals surface area contributed by atoms with Gasteiger partial charge in [0.15, 0.2) is 5.82 Å². The third-order valence-electron chi connectivity index (χ3n) is 2.80. The maximum atomic E-state index is 5.85. The Hall–Kier alpha value is -1.85. The molecule has 0 atom stereocenters. The molecule has 0 fully saturated rings. The molecule has 0 amide bonds. The molecule has 0 aliphatic heterocycles. The fourth-order valence-corrected chi connectivity index (χ4v) is 1.75. The summed E-state index contributed by atoms with van der Waals surface area (Å²) in [5.74, 6) is 8.05. The largest absolute Gasteiger partial charge is 0.439 e. The molecule has 0 radical (unpaired) electrons. The Kier molecular flexibility index (Phi) is 4.42. The number of hydrazine groups is 1. The number of nitrogens with one attached hydrogen (secondary N) is 1. The van der Waals surface area contributed by atoms with E-state index in [1.54, 1.807) is 24.3 Å². The van der Waals surface area contributed by atoms with Crippen molar-refractivity contribution in [2.75, 3.05) is 5.43 Å². The van der Waals surface area contributed by atoms with E-state index >= 15 is 0 Å². The lowest BCUT2D eigenvalue weighted by Crippen LogP contribution is -2.13. The Bertz CT molecular complexity index is 599. The molecule has 0 spiro atoms. The summed E-state index contributed by atoms with van der Waals surface area (Å²) in [6.07, 6.45) is 0. The first-order chi connectivity index (χ1) is 9.51. The number of hydrogen-bond acceptors (Lipinski definition) is 5. The first-order valence-electron chi connectivity index (χ1n) is 6.30. The highest BCUT2D eigenvalue weighted by molar-refractivity contribution is 6.30. The second-order valence-corrected chi connectivity index (χ2v) is 5.15. The number of nitrogen functional groups attached to an aromatic ring is 1. The van der Waals surface area contributed by atoms with Crippen molar-refractivity contribution in [2.24, 2.45) is 5.84 Å². The number of nitrogens with two attached hydrogens (primary N) is 1. The summed E-state index contributed by atoms with van der Waals surface area (Å²) in [5.41, 5.74) is 3.33. The second kappa shape index (κ2) is 6.07. The second-order valence-electron chi connectivity index (χ2n) is 4.72. The zero-order chi connectivity index (χ0) is 14.7. The van der Waals surface area contributed by atoms with Crippen molar-refractivity contribution >= 4 is 17.4 Å². The number of rotatable bonds is 4. The van der Waals surface area contributed by atoms with Crippen LogP contribution in [0, 0.1) is 6.92 Å². The van der Waals surface area contributed by atoms with Gasteiger partial charge in [-0.1, -0.05) is 25.4 Å². The molecular weight excluding hydrogens is 276 g/mol. The molecule has 1 aromatic carbocycles. The van der Waals surface area contributed by atoms with Crippen molar-refractivity contribution in [3.8, 4) is 11.6 Å². The number of anilines is 1. The molecule has 2 rings (SSSR count). The fourth-order valence-electron chi connectivity index (χ4n) is 1.62. The average Bonchev–Trinajstić information content (AvgIpc) is 2.43. The van der Waals surface area contributed by atoms with E-state index in [0.717, 1.165) is 5.56 Å². The third-order valence-corrected chi connectivity index (χ3v) is 3.05. The lowest BCUT2D eigenvalue weighted by Gasteiger charge is -2.14. The Morgan fingerprint density at radius 3 is 2.40 bits per heavy atom. The SMILES string of the molecule is Cc1c(NN)nc(C(C)C)nc1Oc1ccc(Cl)cc1. The fraction of sp³-hybridized carbons (Fsp3) is 0.286. The van der Waals surface area contributed by atoms with Gasteiger partial charge in [-0.2, -0.15) is 4.98 Å². The van der Waals surface area contributed by atoms with Crippen LogP contribution >= 0.6 is 11.6 Å². The average molecular weight is 293 g/mol. The summed E-state index contributed by atoms with van der Waals surface area (Å²) in [6, 6.07) is 7.10. The van der Waals surface area contributed by atoms with Gasteiger partial charge in [-0.3, -0.25) is 0 Å². The summed E-state index contributed by atoms with van der Waals surface area (Å²) < 4.78 is 5.79. The topological polar surface area (TPSA) is 73.1 Å². The quantitative estimate of drug-likeness (QED) is 0.665. The van der Waals surface area contributed by atoms with Crippen molar-refractivity contribution in [1.82, 2.24) is 9.97 Å². The van der Waals surface area contributed by atoms with Crippen molar-refractivity contribution < 1.29 is 4.74 Å². The van der Waals surface area contributed by atoms with Gasteiger partial charge in [0, 0.05) is 10.9 Å². The van der Waals surface area contributed by atoms with Gasteiger partial charge < -0.3 is 10.2 Å². The number of nitrogens with zero attached hydrogens (tertiary/aromatic N) is 2. The monoisotopic (exact) mass is 292 g/mol. The van der Waals surface area contributed by atoms with Crippen LogP contribution in [0.25, 0.3) is 0 Å². The molecule has 2 aromatic rings. The van der Waals surface area contributed by atoms with Gasteiger partial charge in [0.2, 0.25) is 5.88 Å². The summed E-state index contributed by atoms with van der Waals surface area (Å²) in [5, 5.41) is 0.656. The molecule has 3 N–H and O–H groups in total. The molecule has 6 heteroatoms. The predicted octanol–water partition coefficient (Wildman–Crippen LogP) is 3.64. The molecule has 0 bridgehead atoms. The Morgan fingerprint density at radius 2 is 1.85 bits per heavy atom. The highest BCUT2D eigenvalue weighted by Gasteiger charge is 2.14. The summed E-state index contributed by atoms with van der Waals surface area (Å²) in [7, 11) is 0. The highest BCUT2D eigenvalue weighted by Crippen LogP contribution is 2.29. The lowest BCUT2D eigenvalue weighted by molar-refractivity contribution is 0.453. The lowest BCUT2D eigenvalue weighted by atomic mass is 10.2. The number of halogens is 1. The first-order valence-corrected chi connectivity index (χ1v) is 6.67. The molecule has 1 heterocycles.